The third-order valence-corrected chi connectivity index (χ3v) is 2.94. The van der Waals surface area contributed by atoms with Crippen molar-refractivity contribution < 1.29 is 14.3 Å². The monoisotopic (exact) mass is 244 g/mol. The molecule has 0 radical (unpaired) electrons. The molecule has 0 bridgehead atoms. The van der Waals surface area contributed by atoms with E-state index in [-0.39, 0.29) is 30.7 Å². The molecule has 1 rings (SSSR count). The maximum absolute atomic E-state index is 11.5. The van der Waals surface area contributed by atoms with Gasteiger partial charge in [0.25, 0.3) is 0 Å². The maximum Gasteiger partial charge on any atom is 0.246 e. The van der Waals surface area contributed by atoms with E-state index in [1.54, 1.807) is 7.11 Å². The van der Waals surface area contributed by atoms with Crippen molar-refractivity contribution >= 4 is 5.91 Å². The molecule has 0 aromatic heterocycles. The van der Waals surface area contributed by atoms with Gasteiger partial charge in [0.1, 0.15) is 6.61 Å². The van der Waals surface area contributed by atoms with Crippen molar-refractivity contribution in [2.75, 3.05) is 20.3 Å². The van der Waals surface area contributed by atoms with Crippen molar-refractivity contribution in [3.63, 3.8) is 0 Å². The fraction of sp³-hybridized carbons (Fsp3) is 0.917. The normalized spacial score (nSPS) is 26.5. The highest BCUT2D eigenvalue weighted by Crippen LogP contribution is 2.19. The summed E-state index contributed by atoms with van der Waals surface area (Å²) in [4.78, 5) is 11.5. The molecule has 17 heavy (non-hydrogen) atoms. The second-order valence-electron chi connectivity index (χ2n) is 4.78. The summed E-state index contributed by atoms with van der Waals surface area (Å²) in [6, 6.07) is 0.244. The van der Waals surface area contributed by atoms with Crippen molar-refractivity contribution in [3.05, 3.63) is 0 Å². The van der Waals surface area contributed by atoms with Crippen molar-refractivity contribution in [3.8, 4) is 0 Å². The van der Waals surface area contributed by atoms with Crippen LogP contribution in [0.15, 0.2) is 0 Å². The molecule has 0 saturated heterocycles. The highest BCUT2D eigenvalue weighted by Gasteiger charge is 2.20. The van der Waals surface area contributed by atoms with E-state index in [1.165, 1.54) is 0 Å². The lowest BCUT2D eigenvalue weighted by Crippen LogP contribution is -2.40. The van der Waals surface area contributed by atoms with Gasteiger partial charge < -0.3 is 20.5 Å². The molecular weight excluding hydrogens is 220 g/mol. The lowest BCUT2D eigenvalue weighted by molar-refractivity contribution is -0.129. The van der Waals surface area contributed by atoms with Crippen LogP contribution in [0, 0.1) is 0 Å². The summed E-state index contributed by atoms with van der Waals surface area (Å²) < 4.78 is 10.5. The first-order chi connectivity index (χ1) is 8.11. The van der Waals surface area contributed by atoms with E-state index < -0.39 is 0 Å². The van der Waals surface area contributed by atoms with Gasteiger partial charge in [-0.3, -0.25) is 4.79 Å². The van der Waals surface area contributed by atoms with Crippen LogP contribution in [0.4, 0.5) is 0 Å². The molecule has 0 heterocycles. The summed E-state index contributed by atoms with van der Waals surface area (Å²) in [5, 5.41) is 2.81. The number of amides is 1. The molecule has 5 heteroatoms. The number of ether oxygens (including phenoxy) is 2. The van der Waals surface area contributed by atoms with E-state index in [9.17, 15) is 4.79 Å². The van der Waals surface area contributed by atoms with Gasteiger partial charge in [0.05, 0.1) is 12.7 Å². The smallest absolute Gasteiger partial charge is 0.246 e. The summed E-state index contributed by atoms with van der Waals surface area (Å²) in [7, 11) is 1.61. The summed E-state index contributed by atoms with van der Waals surface area (Å²) in [5.41, 5.74) is 5.85. The third kappa shape index (κ3) is 6.00. The molecule has 3 N–H and O–H groups in total. The summed E-state index contributed by atoms with van der Waals surface area (Å²) >= 11 is 0. The third-order valence-electron chi connectivity index (χ3n) is 2.94. The summed E-state index contributed by atoms with van der Waals surface area (Å²) in [6.07, 6.45) is 4.17. The summed E-state index contributed by atoms with van der Waals surface area (Å²) in [6.45, 7) is 2.53. The molecule has 100 valence electrons. The van der Waals surface area contributed by atoms with Crippen molar-refractivity contribution in [2.45, 2.75) is 50.8 Å². The zero-order valence-corrected chi connectivity index (χ0v) is 10.8. The molecule has 3 atom stereocenters. The molecule has 0 aromatic carbocycles. The maximum atomic E-state index is 11.5. The lowest BCUT2D eigenvalue weighted by atomic mass is 9.94. The Morgan fingerprint density at radius 1 is 1.53 bits per heavy atom. The number of rotatable bonds is 6. The van der Waals surface area contributed by atoms with Gasteiger partial charge in [-0.15, -0.1) is 0 Å². The van der Waals surface area contributed by atoms with Crippen LogP contribution in [0.1, 0.15) is 32.6 Å². The molecule has 1 saturated carbocycles. The van der Waals surface area contributed by atoms with Gasteiger partial charge in [-0.2, -0.15) is 0 Å². The molecule has 1 amide bonds. The van der Waals surface area contributed by atoms with Crippen LogP contribution >= 0.6 is 0 Å². The first-order valence-electron chi connectivity index (χ1n) is 6.27. The Morgan fingerprint density at radius 3 is 2.94 bits per heavy atom. The number of hydrogen-bond acceptors (Lipinski definition) is 4. The summed E-state index contributed by atoms with van der Waals surface area (Å²) in [5.74, 6) is -0.0892. The average molecular weight is 244 g/mol. The standard InChI is InChI=1S/C12H24N2O3/c1-9(7-16-2)14-12(15)8-17-11-5-3-4-10(13)6-11/h9-11H,3-8,13H2,1-2H3,(H,14,15). The molecule has 1 aliphatic carbocycles. The first-order valence-corrected chi connectivity index (χ1v) is 6.27. The fourth-order valence-corrected chi connectivity index (χ4v) is 2.13. The lowest BCUT2D eigenvalue weighted by Gasteiger charge is -2.26. The van der Waals surface area contributed by atoms with E-state index in [4.69, 9.17) is 15.2 Å². The highest BCUT2D eigenvalue weighted by molar-refractivity contribution is 5.77. The van der Waals surface area contributed by atoms with Gasteiger partial charge in [0.2, 0.25) is 5.91 Å². The molecule has 3 unspecified atom stereocenters. The fourth-order valence-electron chi connectivity index (χ4n) is 2.13. The predicted octanol–water partition coefficient (Wildman–Crippen LogP) is 0.424. The largest absolute Gasteiger partial charge is 0.383 e. The minimum absolute atomic E-state index is 0.0183. The highest BCUT2D eigenvalue weighted by atomic mass is 16.5. The zero-order valence-electron chi connectivity index (χ0n) is 10.8. The minimum Gasteiger partial charge on any atom is -0.383 e. The van der Waals surface area contributed by atoms with E-state index in [0.29, 0.717) is 6.61 Å². The Morgan fingerprint density at radius 2 is 2.29 bits per heavy atom. The van der Waals surface area contributed by atoms with Crippen molar-refractivity contribution in [1.82, 2.24) is 5.32 Å². The average Bonchev–Trinajstić information content (AvgIpc) is 2.27. The number of nitrogens with two attached hydrogens (primary N) is 1. The topological polar surface area (TPSA) is 73.6 Å². The van der Waals surface area contributed by atoms with Gasteiger partial charge in [-0.25, -0.2) is 0 Å². The van der Waals surface area contributed by atoms with Gasteiger partial charge in [0, 0.05) is 19.2 Å². The van der Waals surface area contributed by atoms with E-state index in [1.807, 2.05) is 6.92 Å². The van der Waals surface area contributed by atoms with E-state index in [0.717, 1.165) is 25.7 Å². The Balaban J connectivity index is 2.14. The Hall–Kier alpha value is -0.650. The van der Waals surface area contributed by atoms with Crippen LogP contribution in [0.25, 0.3) is 0 Å². The quantitative estimate of drug-likeness (QED) is 0.710. The first kappa shape index (κ1) is 14.4. The molecule has 0 aromatic rings. The second-order valence-corrected chi connectivity index (χ2v) is 4.78. The molecule has 1 fully saturated rings. The molecule has 1 aliphatic rings. The molecular formula is C12H24N2O3. The number of hydrogen-bond donors (Lipinski definition) is 2. The number of carbonyl (C=O) groups is 1. The van der Waals surface area contributed by atoms with Crippen molar-refractivity contribution in [2.24, 2.45) is 5.73 Å². The van der Waals surface area contributed by atoms with Crippen LogP contribution in [0.3, 0.4) is 0 Å². The van der Waals surface area contributed by atoms with Crippen LogP contribution in [0.5, 0.6) is 0 Å². The van der Waals surface area contributed by atoms with E-state index in [2.05, 4.69) is 5.32 Å². The number of nitrogens with one attached hydrogen (secondary N) is 1. The second kappa shape index (κ2) is 7.63. The Bertz CT molecular complexity index is 236. The van der Waals surface area contributed by atoms with Crippen LogP contribution in [-0.2, 0) is 14.3 Å². The Labute approximate surface area is 103 Å². The molecule has 0 aliphatic heterocycles. The van der Waals surface area contributed by atoms with Gasteiger partial charge in [-0.05, 0) is 32.6 Å². The van der Waals surface area contributed by atoms with Gasteiger partial charge >= 0.3 is 0 Å². The number of methoxy groups -OCH3 is 1. The SMILES string of the molecule is COCC(C)NC(=O)COC1CCCC(N)C1. The molecule has 0 spiro atoms. The predicted molar refractivity (Wildman–Crippen MR) is 65.7 cm³/mol. The van der Waals surface area contributed by atoms with Gasteiger partial charge in [-0.1, -0.05) is 0 Å². The zero-order chi connectivity index (χ0) is 12.7. The van der Waals surface area contributed by atoms with Crippen LogP contribution in [-0.4, -0.2) is 44.4 Å². The van der Waals surface area contributed by atoms with Crippen LogP contribution in [0.2, 0.25) is 0 Å². The van der Waals surface area contributed by atoms with Crippen LogP contribution < -0.4 is 11.1 Å². The minimum atomic E-state index is -0.0892. The Kier molecular flexibility index (Phi) is 6.47. The van der Waals surface area contributed by atoms with E-state index >= 15 is 0 Å². The molecule has 5 nitrogen and oxygen atoms in total. The van der Waals surface area contributed by atoms with Gasteiger partial charge in [0.15, 0.2) is 0 Å². The van der Waals surface area contributed by atoms with Crippen molar-refractivity contribution in [1.29, 1.82) is 0 Å². The number of carbonyl (C=O) groups excluding carboxylic acids is 1.